The summed E-state index contributed by atoms with van der Waals surface area (Å²) in [4.78, 5) is 24.7. The van der Waals surface area contributed by atoms with Crippen molar-refractivity contribution >= 4 is 22.6 Å². The monoisotopic (exact) mass is 391 g/mol. The van der Waals surface area contributed by atoms with Crippen LogP contribution < -0.4 is 5.56 Å². The number of benzene rings is 1. The highest BCUT2D eigenvalue weighted by atomic mass is 16.4. The predicted octanol–water partition coefficient (Wildman–Crippen LogP) is 2.95. The number of pyridine rings is 1. The van der Waals surface area contributed by atoms with E-state index >= 15 is 0 Å². The summed E-state index contributed by atoms with van der Waals surface area (Å²) in [7, 11) is 0. The van der Waals surface area contributed by atoms with Crippen molar-refractivity contribution in [2.45, 2.75) is 33.2 Å². The Morgan fingerprint density at radius 3 is 2.48 bits per heavy atom. The molecule has 1 aromatic carbocycles. The highest BCUT2D eigenvalue weighted by Crippen LogP contribution is 2.29. The Hall–Kier alpha value is -3.55. The van der Waals surface area contributed by atoms with E-state index in [9.17, 15) is 14.7 Å². The fourth-order valence-electron chi connectivity index (χ4n) is 3.70. The van der Waals surface area contributed by atoms with Crippen molar-refractivity contribution < 1.29 is 9.90 Å². The second-order valence-corrected chi connectivity index (χ2v) is 7.27. The van der Waals surface area contributed by atoms with Crippen LogP contribution in [0, 0.1) is 5.92 Å². The minimum atomic E-state index is -1.06. The van der Waals surface area contributed by atoms with E-state index in [0.29, 0.717) is 17.6 Å². The molecule has 0 aliphatic carbocycles. The molecule has 4 rings (SSSR count). The SMILES string of the molecule is CCc1nn2c(nnc3c(=O)n([C@H](C(=O)O)C(C)C)ccc32)c1-c1ccccc1. The van der Waals surface area contributed by atoms with E-state index in [0.717, 1.165) is 16.8 Å². The van der Waals surface area contributed by atoms with E-state index in [1.54, 1.807) is 24.4 Å². The second-order valence-electron chi connectivity index (χ2n) is 7.27. The van der Waals surface area contributed by atoms with Gasteiger partial charge in [0.05, 0.1) is 11.3 Å². The lowest BCUT2D eigenvalue weighted by molar-refractivity contribution is -0.142. The minimum Gasteiger partial charge on any atom is -0.480 e. The van der Waals surface area contributed by atoms with Gasteiger partial charge in [0.25, 0.3) is 5.56 Å². The van der Waals surface area contributed by atoms with Gasteiger partial charge in [0.15, 0.2) is 11.2 Å². The molecule has 148 valence electrons. The van der Waals surface area contributed by atoms with Gasteiger partial charge >= 0.3 is 5.97 Å². The van der Waals surface area contributed by atoms with Gasteiger partial charge in [-0.1, -0.05) is 51.1 Å². The Balaban J connectivity index is 2.01. The van der Waals surface area contributed by atoms with Crippen molar-refractivity contribution in [1.82, 2.24) is 24.4 Å². The molecule has 1 N–H and O–H groups in total. The molecular weight excluding hydrogens is 370 g/mol. The Morgan fingerprint density at radius 1 is 1.14 bits per heavy atom. The van der Waals surface area contributed by atoms with E-state index in [-0.39, 0.29) is 11.4 Å². The summed E-state index contributed by atoms with van der Waals surface area (Å²) in [6, 6.07) is 10.5. The number of carbonyl (C=O) groups is 1. The highest BCUT2D eigenvalue weighted by molar-refractivity contribution is 5.84. The van der Waals surface area contributed by atoms with E-state index in [1.165, 1.54) is 10.8 Å². The summed E-state index contributed by atoms with van der Waals surface area (Å²) < 4.78 is 2.83. The maximum atomic E-state index is 13.0. The smallest absolute Gasteiger partial charge is 0.327 e. The number of aliphatic carboxylic acids is 1. The Morgan fingerprint density at radius 2 is 1.86 bits per heavy atom. The largest absolute Gasteiger partial charge is 0.480 e. The maximum absolute atomic E-state index is 13.0. The van der Waals surface area contributed by atoms with Crippen LogP contribution in [-0.4, -0.2) is 35.5 Å². The standard InChI is InChI=1S/C21H21N5O3/c1-4-14-16(13-8-6-5-7-9-13)19-23-22-17-15(26(19)24-14)10-11-25(20(17)27)18(12(2)3)21(28)29/h5-12,18H,4H2,1-3H3,(H,28,29)/t18-/m0/s1. The molecule has 0 aliphatic rings. The third-order valence-corrected chi connectivity index (χ3v) is 5.06. The number of nitrogens with zero attached hydrogens (tertiary/aromatic N) is 5. The van der Waals surface area contributed by atoms with Gasteiger partial charge in [-0.15, -0.1) is 10.2 Å². The zero-order chi connectivity index (χ0) is 20.7. The van der Waals surface area contributed by atoms with Crippen molar-refractivity contribution in [3.8, 4) is 11.1 Å². The van der Waals surface area contributed by atoms with Crippen LogP contribution in [0.3, 0.4) is 0 Å². The number of fused-ring (bicyclic) bond motifs is 3. The van der Waals surface area contributed by atoms with Crippen molar-refractivity contribution in [3.05, 3.63) is 58.6 Å². The molecule has 8 heteroatoms. The van der Waals surface area contributed by atoms with Gasteiger partial charge in [-0.2, -0.15) is 5.10 Å². The van der Waals surface area contributed by atoms with Gasteiger partial charge in [-0.3, -0.25) is 9.36 Å². The average Bonchev–Trinajstić information content (AvgIpc) is 3.09. The summed E-state index contributed by atoms with van der Waals surface area (Å²) in [5.74, 6) is -1.32. The van der Waals surface area contributed by atoms with E-state index in [4.69, 9.17) is 0 Å². The molecule has 0 bridgehead atoms. The first kappa shape index (κ1) is 18.8. The second kappa shape index (κ2) is 7.12. The highest BCUT2D eigenvalue weighted by Gasteiger charge is 2.26. The van der Waals surface area contributed by atoms with E-state index < -0.39 is 17.6 Å². The number of hydrogen-bond acceptors (Lipinski definition) is 5. The summed E-state index contributed by atoms with van der Waals surface area (Å²) in [5.41, 5.74) is 3.39. The lowest BCUT2D eigenvalue weighted by atomic mass is 10.0. The molecule has 8 nitrogen and oxygen atoms in total. The molecular formula is C21H21N5O3. The fourth-order valence-corrected chi connectivity index (χ4v) is 3.70. The van der Waals surface area contributed by atoms with Crippen molar-refractivity contribution in [3.63, 3.8) is 0 Å². The van der Waals surface area contributed by atoms with Gasteiger partial charge in [0.2, 0.25) is 0 Å². The molecule has 4 aromatic rings. The quantitative estimate of drug-likeness (QED) is 0.561. The molecule has 0 amide bonds. The van der Waals surface area contributed by atoms with Crippen LogP contribution in [0.5, 0.6) is 0 Å². The van der Waals surface area contributed by atoms with Crippen LogP contribution in [0.25, 0.3) is 27.8 Å². The number of rotatable bonds is 5. The average molecular weight is 391 g/mol. The lowest BCUT2D eigenvalue weighted by Gasteiger charge is -2.19. The van der Waals surface area contributed by atoms with Crippen LogP contribution in [0.15, 0.2) is 47.4 Å². The molecule has 0 saturated carbocycles. The zero-order valence-corrected chi connectivity index (χ0v) is 16.4. The van der Waals surface area contributed by atoms with Crippen molar-refractivity contribution in [2.24, 2.45) is 5.92 Å². The molecule has 0 unspecified atom stereocenters. The first-order chi connectivity index (χ1) is 13.9. The summed E-state index contributed by atoms with van der Waals surface area (Å²) in [6.07, 6.45) is 2.20. The van der Waals surface area contributed by atoms with E-state index in [1.807, 2.05) is 37.3 Å². The third kappa shape index (κ3) is 2.97. The number of carboxylic acid groups (broad SMARTS) is 1. The number of aryl methyl sites for hydroxylation is 1. The molecule has 0 radical (unpaired) electrons. The van der Waals surface area contributed by atoms with Crippen LogP contribution in [0.4, 0.5) is 0 Å². The van der Waals surface area contributed by atoms with Crippen molar-refractivity contribution in [1.29, 1.82) is 0 Å². The Kier molecular flexibility index (Phi) is 4.62. The molecule has 0 spiro atoms. The first-order valence-electron chi connectivity index (χ1n) is 9.51. The zero-order valence-electron chi connectivity index (χ0n) is 16.4. The van der Waals surface area contributed by atoms with Gasteiger partial charge in [0.1, 0.15) is 11.6 Å². The molecule has 1 atom stereocenters. The molecule has 0 saturated heterocycles. The van der Waals surface area contributed by atoms with Crippen molar-refractivity contribution in [2.75, 3.05) is 0 Å². The maximum Gasteiger partial charge on any atom is 0.327 e. The topological polar surface area (TPSA) is 102 Å². The van der Waals surface area contributed by atoms with Crippen LogP contribution >= 0.6 is 0 Å². The first-order valence-corrected chi connectivity index (χ1v) is 9.51. The number of hydrogen-bond donors (Lipinski definition) is 1. The molecule has 29 heavy (non-hydrogen) atoms. The van der Waals surface area contributed by atoms with Crippen LogP contribution in [-0.2, 0) is 11.2 Å². The number of aromatic nitrogens is 5. The Labute approximate surface area is 166 Å². The molecule has 0 aliphatic heterocycles. The molecule has 0 fully saturated rings. The van der Waals surface area contributed by atoms with Gasteiger partial charge in [-0.05, 0) is 24.0 Å². The minimum absolute atomic E-state index is 0.0941. The summed E-state index contributed by atoms with van der Waals surface area (Å²) in [6.45, 7) is 5.53. The third-order valence-electron chi connectivity index (χ3n) is 5.06. The normalized spacial score (nSPS) is 12.7. The Bertz CT molecular complexity index is 1270. The molecule has 3 heterocycles. The van der Waals surface area contributed by atoms with E-state index in [2.05, 4.69) is 15.3 Å². The lowest BCUT2D eigenvalue weighted by Crippen LogP contribution is -2.33. The fraction of sp³-hybridized carbons (Fsp3) is 0.286. The van der Waals surface area contributed by atoms with Gasteiger partial charge in [0, 0.05) is 6.20 Å². The van der Waals surface area contributed by atoms with Gasteiger partial charge in [-0.25, -0.2) is 9.31 Å². The summed E-state index contributed by atoms with van der Waals surface area (Å²) >= 11 is 0. The number of carboxylic acids is 1. The van der Waals surface area contributed by atoms with Gasteiger partial charge < -0.3 is 5.11 Å². The van der Waals surface area contributed by atoms with Crippen LogP contribution in [0.2, 0.25) is 0 Å². The predicted molar refractivity (Wildman–Crippen MR) is 109 cm³/mol. The van der Waals surface area contributed by atoms with Crippen LogP contribution in [0.1, 0.15) is 32.5 Å². The molecule has 3 aromatic heterocycles. The summed E-state index contributed by atoms with van der Waals surface area (Å²) in [5, 5.41) is 22.7.